The van der Waals surface area contributed by atoms with Crippen molar-refractivity contribution >= 4 is 27.9 Å². The molecule has 188 valence electrons. The average molecular weight is 566 g/mol. The molecule has 0 unspecified atom stereocenters. The second kappa shape index (κ2) is 9.84. The van der Waals surface area contributed by atoms with Crippen molar-refractivity contribution in [1.29, 1.82) is 0 Å². The first-order valence-electron chi connectivity index (χ1n) is 11.0. The van der Waals surface area contributed by atoms with Gasteiger partial charge in [0, 0.05) is 31.5 Å². The maximum atomic E-state index is 15.0. The third-order valence-corrected chi connectivity index (χ3v) is 6.77. The van der Waals surface area contributed by atoms with Crippen LogP contribution in [0.2, 0.25) is 0 Å². The molecule has 1 N–H and O–H groups in total. The first-order valence-corrected chi connectivity index (χ1v) is 11.8. The first kappa shape index (κ1) is 24.2. The van der Waals surface area contributed by atoms with Crippen molar-refractivity contribution in [1.82, 2.24) is 15.2 Å². The van der Waals surface area contributed by atoms with Gasteiger partial charge in [0.05, 0.1) is 27.8 Å². The van der Waals surface area contributed by atoms with Crippen LogP contribution in [0.4, 0.5) is 18.0 Å². The molecule has 0 aliphatic carbocycles. The highest BCUT2D eigenvalue weighted by Crippen LogP contribution is 2.35. The van der Waals surface area contributed by atoms with Crippen molar-refractivity contribution in [3.8, 4) is 17.1 Å². The number of aromatic nitrogens is 1. The molecule has 0 radical (unpaired) electrons. The fourth-order valence-corrected chi connectivity index (χ4v) is 4.60. The predicted octanol–water partition coefficient (Wildman–Crippen LogP) is 4.81. The van der Waals surface area contributed by atoms with E-state index in [4.69, 9.17) is 13.9 Å². The molecule has 2 fully saturated rings. The number of carbonyl (C=O) groups excluding carboxylic acids is 2. The number of halogens is 4. The van der Waals surface area contributed by atoms with Gasteiger partial charge in [0.1, 0.15) is 24.3 Å². The Balaban J connectivity index is 1.38. The number of hydrogen-bond donors (Lipinski definition) is 1. The van der Waals surface area contributed by atoms with E-state index in [9.17, 15) is 18.4 Å². The van der Waals surface area contributed by atoms with Gasteiger partial charge in [-0.15, -0.1) is 0 Å². The number of hydrogen-bond acceptors (Lipinski definition) is 6. The number of piperidine rings is 1. The summed E-state index contributed by atoms with van der Waals surface area (Å²) in [5.74, 6) is -3.48. The number of nitrogens with zero attached hydrogens (tertiary/aromatic N) is 2. The van der Waals surface area contributed by atoms with Crippen molar-refractivity contribution in [2.24, 2.45) is 0 Å². The zero-order valence-corrected chi connectivity index (χ0v) is 20.2. The van der Waals surface area contributed by atoms with Crippen molar-refractivity contribution in [2.75, 3.05) is 13.2 Å². The van der Waals surface area contributed by atoms with E-state index >= 15 is 4.39 Å². The lowest BCUT2D eigenvalue weighted by molar-refractivity contribution is 0.0914. The van der Waals surface area contributed by atoms with Crippen LogP contribution in [-0.4, -0.2) is 47.2 Å². The Bertz CT molecular complexity index is 1320. The summed E-state index contributed by atoms with van der Waals surface area (Å²) in [7, 11) is 0. The minimum atomic E-state index is -1.12. The second-order valence-corrected chi connectivity index (χ2v) is 9.25. The minimum absolute atomic E-state index is 0.0507. The number of nitrogens with one attached hydrogen (secondary N) is 1. The van der Waals surface area contributed by atoms with Gasteiger partial charge in [-0.2, -0.15) is 0 Å². The van der Waals surface area contributed by atoms with E-state index < -0.39 is 23.4 Å². The van der Waals surface area contributed by atoms with E-state index in [2.05, 4.69) is 26.2 Å². The van der Waals surface area contributed by atoms with Crippen LogP contribution in [0.3, 0.4) is 0 Å². The monoisotopic (exact) mass is 565 g/mol. The normalized spacial score (nSPS) is 19.1. The maximum absolute atomic E-state index is 15.0. The SMILES string of the molecule is O=C(NCc1ccc(Br)c(F)c1F)c1cc(O[C@H]2CCN3C(=O)OC[C@@H]3C2)c(-c2cnco2)cc1F. The summed E-state index contributed by atoms with van der Waals surface area (Å²) in [4.78, 5) is 30.1. The molecule has 2 saturated heterocycles. The van der Waals surface area contributed by atoms with Crippen molar-refractivity contribution in [3.63, 3.8) is 0 Å². The second-order valence-electron chi connectivity index (χ2n) is 8.40. The van der Waals surface area contributed by atoms with Crippen molar-refractivity contribution in [2.45, 2.75) is 31.5 Å². The predicted molar refractivity (Wildman–Crippen MR) is 123 cm³/mol. The summed E-state index contributed by atoms with van der Waals surface area (Å²) in [6.07, 6.45) is 2.89. The topological polar surface area (TPSA) is 93.9 Å². The molecule has 3 heterocycles. The molecular weight excluding hydrogens is 547 g/mol. The zero-order valence-electron chi connectivity index (χ0n) is 18.6. The third kappa shape index (κ3) is 4.64. The van der Waals surface area contributed by atoms with Gasteiger partial charge in [0.25, 0.3) is 5.91 Å². The van der Waals surface area contributed by atoms with Gasteiger partial charge in [0.2, 0.25) is 0 Å². The van der Waals surface area contributed by atoms with Gasteiger partial charge in [-0.3, -0.25) is 4.79 Å². The summed E-state index contributed by atoms with van der Waals surface area (Å²) >= 11 is 2.89. The van der Waals surface area contributed by atoms with Crippen LogP contribution >= 0.6 is 15.9 Å². The molecule has 2 aliphatic rings. The lowest BCUT2D eigenvalue weighted by Crippen LogP contribution is -2.44. The van der Waals surface area contributed by atoms with Crippen molar-refractivity contribution in [3.05, 3.63) is 69.9 Å². The number of ether oxygens (including phenoxy) is 2. The Morgan fingerprint density at radius 1 is 1.25 bits per heavy atom. The molecule has 0 spiro atoms. The molecule has 0 bridgehead atoms. The number of cyclic esters (lactones) is 1. The Morgan fingerprint density at radius 3 is 2.86 bits per heavy atom. The minimum Gasteiger partial charge on any atom is -0.489 e. The van der Waals surface area contributed by atoms with E-state index in [-0.39, 0.29) is 64.1 Å². The van der Waals surface area contributed by atoms with Crippen LogP contribution in [0.15, 0.2) is 45.7 Å². The molecular formula is C24H19BrF3N3O5. The van der Waals surface area contributed by atoms with Gasteiger partial charge in [-0.25, -0.2) is 22.9 Å². The molecule has 8 nitrogen and oxygen atoms in total. The highest BCUT2D eigenvalue weighted by atomic mass is 79.9. The van der Waals surface area contributed by atoms with Crippen LogP contribution in [-0.2, 0) is 11.3 Å². The summed E-state index contributed by atoms with van der Waals surface area (Å²) in [5, 5.41) is 2.41. The van der Waals surface area contributed by atoms with Crippen LogP contribution < -0.4 is 10.1 Å². The third-order valence-electron chi connectivity index (χ3n) is 6.16. The van der Waals surface area contributed by atoms with Gasteiger partial charge >= 0.3 is 6.09 Å². The molecule has 2 amide bonds. The Labute approximate surface area is 211 Å². The van der Waals surface area contributed by atoms with Crippen LogP contribution in [0.1, 0.15) is 28.8 Å². The van der Waals surface area contributed by atoms with Crippen LogP contribution in [0.5, 0.6) is 5.75 Å². The number of oxazole rings is 1. The van der Waals surface area contributed by atoms with E-state index in [0.717, 1.165) is 6.07 Å². The number of benzene rings is 2. The van der Waals surface area contributed by atoms with Crippen molar-refractivity contribution < 1.29 is 36.7 Å². The standard InChI is InChI=1S/C24H19BrF3N3O5/c25-17-2-1-12(21(27)22(17)28)8-30-23(32)15-7-19(16(6-18(15)26)20-9-29-11-35-20)36-14-3-4-31-13(5-14)10-34-24(31)33/h1-2,6-7,9,11,13-14H,3-5,8,10H2,(H,30,32)/t13-,14-/m0/s1. The maximum Gasteiger partial charge on any atom is 0.410 e. The van der Waals surface area contributed by atoms with E-state index in [1.54, 1.807) is 4.90 Å². The zero-order chi connectivity index (χ0) is 25.4. The Morgan fingerprint density at radius 2 is 2.08 bits per heavy atom. The Kier molecular flexibility index (Phi) is 6.61. The number of carbonyl (C=O) groups is 2. The molecule has 12 heteroatoms. The molecule has 2 aliphatic heterocycles. The fraction of sp³-hybridized carbons (Fsp3) is 0.292. The van der Waals surface area contributed by atoms with E-state index in [0.29, 0.717) is 19.4 Å². The molecule has 3 aromatic rings. The van der Waals surface area contributed by atoms with E-state index in [1.807, 2.05) is 0 Å². The molecule has 2 atom stereocenters. The molecule has 5 rings (SSSR count). The summed E-state index contributed by atoms with van der Waals surface area (Å²) in [6.45, 7) is 0.343. The molecule has 36 heavy (non-hydrogen) atoms. The number of rotatable bonds is 6. The van der Waals surface area contributed by atoms with Crippen LogP contribution in [0, 0.1) is 17.5 Å². The molecule has 2 aromatic carbocycles. The quantitative estimate of drug-likeness (QED) is 0.431. The lowest BCUT2D eigenvalue weighted by atomic mass is 10.0. The largest absolute Gasteiger partial charge is 0.489 e. The van der Waals surface area contributed by atoms with Gasteiger partial charge < -0.3 is 24.1 Å². The van der Waals surface area contributed by atoms with Gasteiger partial charge in [-0.05, 0) is 34.1 Å². The van der Waals surface area contributed by atoms with E-state index in [1.165, 1.54) is 30.8 Å². The van der Waals surface area contributed by atoms with Gasteiger partial charge in [-0.1, -0.05) is 6.07 Å². The number of fused-ring (bicyclic) bond motifs is 1. The molecule has 1 aromatic heterocycles. The first-order chi connectivity index (χ1) is 17.3. The fourth-order valence-electron chi connectivity index (χ4n) is 4.29. The Hall–Kier alpha value is -3.54. The average Bonchev–Trinajstić information content (AvgIpc) is 3.53. The summed E-state index contributed by atoms with van der Waals surface area (Å²) in [5.41, 5.74) is -0.189. The summed E-state index contributed by atoms with van der Waals surface area (Å²) in [6, 6.07) is 4.83. The van der Waals surface area contributed by atoms with Crippen LogP contribution in [0.25, 0.3) is 11.3 Å². The lowest BCUT2D eigenvalue weighted by Gasteiger charge is -2.33. The summed E-state index contributed by atoms with van der Waals surface area (Å²) < 4.78 is 59.5. The highest BCUT2D eigenvalue weighted by molar-refractivity contribution is 9.10. The highest BCUT2D eigenvalue weighted by Gasteiger charge is 2.39. The van der Waals surface area contributed by atoms with Gasteiger partial charge in [0.15, 0.2) is 23.8 Å². The smallest absolute Gasteiger partial charge is 0.410 e. The molecule has 0 saturated carbocycles. The number of amides is 2.